The lowest BCUT2D eigenvalue weighted by molar-refractivity contribution is -0.384. The van der Waals surface area contributed by atoms with Crippen molar-refractivity contribution in [3.63, 3.8) is 0 Å². The number of nitro benzene ring substituents is 1. The van der Waals surface area contributed by atoms with Gasteiger partial charge < -0.3 is 4.90 Å². The molecule has 1 aliphatic rings. The van der Waals surface area contributed by atoms with Crippen molar-refractivity contribution in [2.24, 2.45) is 5.10 Å². The number of rotatable bonds is 9. The SMILES string of the molecule is Cc1nn(-c2ccccc2)c(N2CCCC2)c1/C=N\Nc1ccc(S(=O)(=O)Nc2ccccc2)cc1[N+](=O)[O-]. The van der Waals surface area contributed by atoms with Crippen LogP contribution in [0.15, 0.2) is 88.9 Å². The van der Waals surface area contributed by atoms with Gasteiger partial charge in [0.2, 0.25) is 0 Å². The number of hydrazone groups is 1. The number of hydrogen-bond acceptors (Lipinski definition) is 8. The zero-order chi connectivity index (χ0) is 27.4. The molecule has 0 atom stereocenters. The van der Waals surface area contributed by atoms with E-state index in [4.69, 9.17) is 5.10 Å². The fourth-order valence-corrected chi connectivity index (χ4v) is 5.55. The first-order chi connectivity index (χ1) is 18.8. The number of para-hydroxylation sites is 2. The molecule has 1 aliphatic heterocycles. The second kappa shape index (κ2) is 11.0. The lowest BCUT2D eigenvalue weighted by Crippen LogP contribution is -2.22. The van der Waals surface area contributed by atoms with Crippen LogP contribution in [0.1, 0.15) is 24.1 Å². The Labute approximate surface area is 226 Å². The first-order valence-electron chi connectivity index (χ1n) is 12.4. The Morgan fingerprint density at radius 2 is 1.67 bits per heavy atom. The fraction of sp³-hybridized carbons (Fsp3) is 0.185. The molecule has 5 rings (SSSR count). The summed E-state index contributed by atoms with van der Waals surface area (Å²) in [6, 6.07) is 21.8. The van der Waals surface area contributed by atoms with Crippen LogP contribution in [-0.4, -0.2) is 42.4 Å². The van der Waals surface area contributed by atoms with Gasteiger partial charge in [0.1, 0.15) is 11.5 Å². The van der Waals surface area contributed by atoms with Gasteiger partial charge in [0.05, 0.1) is 33.0 Å². The van der Waals surface area contributed by atoms with Gasteiger partial charge >= 0.3 is 0 Å². The Morgan fingerprint density at radius 1 is 1.00 bits per heavy atom. The molecule has 1 aromatic heterocycles. The number of anilines is 3. The Morgan fingerprint density at radius 3 is 2.33 bits per heavy atom. The van der Waals surface area contributed by atoms with Crippen molar-refractivity contribution >= 4 is 39.1 Å². The molecule has 1 saturated heterocycles. The van der Waals surface area contributed by atoms with E-state index in [9.17, 15) is 18.5 Å². The molecule has 2 N–H and O–H groups in total. The van der Waals surface area contributed by atoms with Crippen molar-refractivity contribution < 1.29 is 13.3 Å². The smallest absolute Gasteiger partial charge is 0.295 e. The van der Waals surface area contributed by atoms with Gasteiger partial charge in [-0.2, -0.15) is 10.2 Å². The number of aryl methyl sites for hydroxylation is 1. The second-order valence-electron chi connectivity index (χ2n) is 9.04. The molecular formula is C27H27N7O4S. The first kappa shape index (κ1) is 25.9. The van der Waals surface area contributed by atoms with Crippen LogP contribution in [-0.2, 0) is 10.0 Å². The molecule has 0 radical (unpaired) electrons. The molecule has 0 saturated carbocycles. The molecule has 3 aromatic carbocycles. The van der Waals surface area contributed by atoms with E-state index in [1.54, 1.807) is 36.5 Å². The van der Waals surface area contributed by atoms with Crippen molar-refractivity contribution in [1.82, 2.24) is 9.78 Å². The molecule has 0 amide bonds. The minimum absolute atomic E-state index is 0.0609. The van der Waals surface area contributed by atoms with Gasteiger partial charge in [-0.15, -0.1) is 0 Å². The lowest BCUT2D eigenvalue weighted by Gasteiger charge is -2.20. The van der Waals surface area contributed by atoms with Crippen molar-refractivity contribution in [1.29, 1.82) is 0 Å². The number of nitrogens with zero attached hydrogens (tertiary/aromatic N) is 5. The summed E-state index contributed by atoms with van der Waals surface area (Å²) in [7, 11) is -4.03. The molecule has 0 spiro atoms. The van der Waals surface area contributed by atoms with Crippen LogP contribution in [0.5, 0.6) is 0 Å². The molecule has 11 nitrogen and oxygen atoms in total. The maximum Gasteiger partial charge on any atom is 0.295 e. The highest BCUT2D eigenvalue weighted by Crippen LogP contribution is 2.31. The molecule has 2 heterocycles. The summed E-state index contributed by atoms with van der Waals surface area (Å²) >= 11 is 0. The summed E-state index contributed by atoms with van der Waals surface area (Å²) < 4.78 is 29.9. The zero-order valence-corrected chi connectivity index (χ0v) is 22.0. The van der Waals surface area contributed by atoms with Crippen LogP contribution in [0.25, 0.3) is 5.69 Å². The van der Waals surface area contributed by atoms with Gasteiger partial charge in [-0.25, -0.2) is 13.1 Å². The third kappa shape index (κ3) is 5.60. The monoisotopic (exact) mass is 545 g/mol. The van der Waals surface area contributed by atoms with Crippen molar-refractivity contribution in [3.8, 4) is 5.69 Å². The molecule has 0 unspecified atom stereocenters. The number of sulfonamides is 1. The number of nitro groups is 1. The highest BCUT2D eigenvalue weighted by molar-refractivity contribution is 7.92. The first-order valence-corrected chi connectivity index (χ1v) is 13.9. The number of nitrogens with one attached hydrogen (secondary N) is 2. The summed E-state index contributed by atoms with van der Waals surface area (Å²) in [5, 5.41) is 20.8. The molecule has 0 aliphatic carbocycles. The predicted octanol–water partition coefficient (Wildman–Crippen LogP) is 4.94. The van der Waals surface area contributed by atoms with Crippen LogP contribution in [0.4, 0.5) is 22.9 Å². The largest absolute Gasteiger partial charge is 0.356 e. The van der Waals surface area contributed by atoms with E-state index in [0.717, 1.165) is 54.8 Å². The maximum absolute atomic E-state index is 12.8. The van der Waals surface area contributed by atoms with Crippen LogP contribution in [0.3, 0.4) is 0 Å². The van der Waals surface area contributed by atoms with Crippen LogP contribution in [0, 0.1) is 17.0 Å². The second-order valence-corrected chi connectivity index (χ2v) is 10.7. The average Bonchev–Trinajstić information content (AvgIpc) is 3.57. The van der Waals surface area contributed by atoms with E-state index in [0.29, 0.717) is 5.69 Å². The normalized spacial score (nSPS) is 13.6. The van der Waals surface area contributed by atoms with Crippen LogP contribution < -0.4 is 15.0 Å². The minimum atomic E-state index is -4.03. The number of benzene rings is 3. The van der Waals surface area contributed by atoms with E-state index in [1.165, 1.54) is 12.1 Å². The fourth-order valence-electron chi connectivity index (χ4n) is 4.47. The Hall–Kier alpha value is -4.71. The molecule has 0 bridgehead atoms. The highest BCUT2D eigenvalue weighted by atomic mass is 32.2. The summed E-state index contributed by atoms with van der Waals surface area (Å²) in [6.07, 6.45) is 3.75. The zero-order valence-electron chi connectivity index (χ0n) is 21.2. The quantitative estimate of drug-likeness (QED) is 0.173. The highest BCUT2D eigenvalue weighted by Gasteiger charge is 2.24. The van der Waals surface area contributed by atoms with Crippen molar-refractivity contribution in [2.75, 3.05) is 28.1 Å². The van der Waals surface area contributed by atoms with E-state index in [2.05, 4.69) is 20.1 Å². The molecular weight excluding hydrogens is 518 g/mol. The predicted molar refractivity (Wildman–Crippen MR) is 151 cm³/mol. The summed E-state index contributed by atoms with van der Waals surface area (Å²) in [5.74, 6) is 0.907. The van der Waals surface area contributed by atoms with E-state index in [1.807, 2.05) is 41.9 Å². The topological polar surface area (TPSA) is 135 Å². The van der Waals surface area contributed by atoms with Gasteiger partial charge in [-0.05, 0) is 56.2 Å². The Bertz CT molecular complexity index is 1610. The molecule has 200 valence electrons. The van der Waals surface area contributed by atoms with E-state index in [-0.39, 0.29) is 10.6 Å². The third-order valence-corrected chi connectivity index (χ3v) is 7.75. The molecule has 4 aromatic rings. The number of hydrogen-bond donors (Lipinski definition) is 2. The summed E-state index contributed by atoms with van der Waals surface area (Å²) in [6.45, 7) is 3.68. The third-order valence-electron chi connectivity index (χ3n) is 6.37. The maximum atomic E-state index is 12.8. The summed E-state index contributed by atoms with van der Waals surface area (Å²) in [4.78, 5) is 13.2. The molecule has 12 heteroatoms. The standard InChI is InChI=1S/C27H27N7O4S/c1-20-24(27(32-16-8-9-17-32)33(30-20)22-12-6-3-7-13-22)19-28-29-25-15-14-23(18-26(25)34(35)36)39(37,38)31-21-10-4-2-5-11-21/h2-7,10-15,18-19,29,31H,8-9,16-17H2,1H3/b28-19-. The van der Waals surface area contributed by atoms with Crippen LogP contribution in [0.2, 0.25) is 0 Å². The van der Waals surface area contributed by atoms with Gasteiger partial charge in [0, 0.05) is 24.8 Å². The molecule has 1 fully saturated rings. The molecule has 39 heavy (non-hydrogen) atoms. The van der Waals surface area contributed by atoms with E-state index < -0.39 is 20.6 Å². The summed E-state index contributed by atoms with van der Waals surface area (Å²) in [5.41, 5.74) is 5.20. The Balaban J connectivity index is 1.43. The average molecular weight is 546 g/mol. The minimum Gasteiger partial charge on any atom is -0.356 e. The van der Waals surface area contributed by atoms with Crippen molar-refractivity contribution in [3.05, 3.63) is 100 Å². The van der Waals surface area contributed by atoms with Gasteiger partial charge in [-0.3, -0.25) is 20.3 Å². The lowest BCUT2D eigenvalue weighted by atomic mass is 10.2. The van der Waals surface area contributed by atoms with Gasteiger partial charge in [-0.1, -0.05) is 36.4 Å². The van der Waals surface area contributed by atoms with Crippen LogP contribution >= 0.6 is 0 Å². The van der Waals surface area contributed by atoms with Crippen molar-refractivity contribution in [2.45, 2.75) is 24.7 Å². The Kier molecular flexibility index (Phi) is 7.28. The van der Waals surface area contributed by atoms with E-state index >= 15 is 0 Å². The number of aromatic nitrogens is 2. The van der Waals surface area contributed by atoms with Gasteiger partial charge in [0.15, 0.2) is 0 Å². The van der Waals surface area contributed by atoms with Gasteiger partial charge in [0.25, 0.3) is 15.7 Å².